The second-order valence-corrected chi connectivity index (χ2v) is 4.58. The van der Waals surface area contributed by atoms with Crippen molar-refractivity contribution < 1.29 is 5.11 Å². The van der Waals surface area contributed by atoms with Crippen LogP contribution in [0.1, 0.15) is 27.7 Å². The molecule has 88 valence electrons. The molecule has 0 rings (SSSR count). The van der Waals surface area contributed by atoms with Crippen molar-refractivity contribution in [3.63, 3.8) is 0 Å². The van der Waals surface area contributed by atoms with Gasteiger partial charge in [0.2, 0.25) is 0 Å². The van der Waals surface area contributed by atoms with Crippen LogP contribution in [0.4, 0.5) is 0 Å². The summed E-state index contributed by atoms with van der Waals surface area (Å²) in [6.07, 6.45) is 5.16. The molecule has 1 unspecified atom stereocenters. The van der Waals surface area contributed by atoms with E-state index in [9.17, 15) is 5.11 Å². The molecule has 0 fully saturated rings. The highest BCUT2D eigenvalue weighted by Crippen LogP contribution is 2.05. The molecule has 0 aliphatic carbocycles. The zero-order valence-electron chi connectivity index (χ0n) is 10.5. The van der Waals surface area contributed by atoms with Crippen molar-refractivity contribution in [1.29, 1.82) is 0 Å². The number of aliphatic hydroxyl groups excluding tert-OH is 1. The normalized spacial score (nSPS) is 15.7. The Balaban J connectivity index is 4.27. The molecule has 3 nitrogen and oxygen atoms in total. The Bertz CT molecular complexity index is 226. The number of hydrogen-bond donors (Lipinski definition) is 3. The van der Waals surface area contributed by atoms with Gasteiger partial charge in [-0.05, 0) is 33.3 Å². The third-order valence-electron chi connectivity index (χ3n) is 1.88. The zero-order chi connectivity index (χ0) is 11.9. The summed E-state index contributed by atoms with van der Waals surface area (Å²) < 4.78 is 0. The standard InChI is InChI=1S/C12H24N2O/c1-6-7-10(8-13-5)11(15)9-14-12(2,3)4/h6-8,11,13-15H,9H2,1-5H3/b7-6-,10-8+. The third kappa shape index (κ3) is 7.17. The van der Waals surface area contributed by atoms with E-state index in [1.54, 1.807) is 0 Å². The monoisotopic (exact) mass is 212 g/mol. The maximum Gasteiger partial charge on any atom is 0.0928 e. The van der Waals surface area contributed by atoms with E-state index in [0.29, 0.717) is 6.54 Å². The smallest absolute Gasteiger partial charge is 0.0928 e. The van der Waals surface area contributed by atoms with Gasteiger partial charge in [-0.1, -0.05) is 12.2 Å². The average Bonchev–Trinajstić information content (AvgIpc) is 2.13. The van der Waals surface area contributed by atoms with Gasteiger partial charge in [-0.3, -0.25) is 0 Å². The molecule has 0 saturated carbocycles. The van der Waals surface area contributed by atoms with E-state index >= 15 is 0 Å². The van der Waals surface area contributed by atoms with Gasteiger partial charge in [0.05, 0.1) is 6.10 Å². The Hall–Kier alpha value is -0.800. The Morgan fingerprint density at radius 3 is 2.40 bits per heavy atom. The van der Waals surface area contributed by atoms with E-state index in [4.69, 9.17) is 0 Å². The van der Waals surface area contributed by atoms with Crippen molar-refractivity contribution >= 4 is 0 Å². The first-order chi connectivity index (χ1) is 6.90. The molecule has 15 heavy (non-hydrogen) atoms. The average molecular weight is 212 g/mol. The summed E-state index contributed by atoms with van der Waals surface area (Å²) in [6.45, 7) is 8.74. The van der Waals surface area contributed by atoms with Crippen molar-refractivity contribution in [2.24, 2.45) is 0 Å². The molecule has 0 aliphatic heterocycles. The van der Waals surface area contributed by atoms with E-state index in [1.165, 1.54) is 0 Å². The van der Waals surface area contributed by atoms with Crippen molar-refractivity contribution in [1.82, 2.24) is 10.6 Å². The second-order valence-electron chi connectivity index (χ2n) is 4.58. The van der Waals surface area contributed by atoms with Gasteiger partial charge >= 0.3 is 0 Å². The fourth-order valence-electron chi connectivity index (χ4n) is 1.14. The van der Waals surface area contributed by atoms with Crippen LogP contribution < -0.4 is 10.6 Å². The van der Waals surface area contributed by atoms with Crippen LogP contribution in [0.15, 0.2) is 23.9 Å². The van der Waals surface area contributed by atoms with Crippen LogP contribution in [0, 0.1) is 0 Å². The minimum atomic E-state index is -0.479. The van der Waals surface area contributed by atoms with Crippen LogP contribution in [0.25, 0.3) is 0 Å². The summed E-state index contributed by atoms with van der Waals surface area (Å²) in [5.74, 6) is 0. The molecule has 0 aromatic carbocycles. The number of hydrogen-bond acceptors (Lipinski definition) is 3. The van der Waals surface area contributed by atoms with Gasteiger partial charge in [0.1, 0.15) is 0 Å². The summed E-state index contributed by atoms with van der Waals surface area (Å²) in [6, 6.07) is 0. The number of nitrogens with one attached hydrogen (secondary N) is 2. The predicted octanol–water partition coefficient (Wildman–Crippen LogP) is 1.41. The van der Waals surface area contributed by atoms with E-state index in [-0.39, 0.29) is 5.54 Å². The van der Waals surface area contributed by atoms with Gasteiger partial charge < -0.3 is 15.7 Å². The summed E-state index contributed by atoms with van der Waals surface area (Å²) in [5, 5.41) is 16.1. The van der Waals surface area contributed by atoms with Crippen LogP contribution in [-0.4, -0.2) is 30.3 Å². The van der Waals surface area contributed by atoms with Crippen molar-refractivity contribution in [3.05, 3.63) is 23.9 Å². The predicted molar refractivity (Wildman–Crippen MR) is 65.7 cm³/mol. The molecule has 0 heterocycles. The van der Waals surface area contributed by atoms with Crippen LogP contribution in [0.2, 0.25) is 0 Å². The maximum absolute atomic E-state index is 9.91. The van der Waals surface area contributed by atoms with Gasteiger partial charge in [0.15, 0.2) is 0 Å². The number of rotatable bonds is 5. The molecule has 0 aromatic heterocycles. The molecule has 3 N–H and O–H groups in total. The van der Waals surface area contributed by atoms with E-state index in [2.05, 4.69) is 31.4 Å². The highest BCUT2D eigenvalue weighted by molar-refractivity contribution is 5.22. The summed E-state index contributed by atoms with van der Waals surface area (Å²) in [7, 11) is 1.83. The highest BCUT2D eigenvalue weighted by Gasteiger charge is 2.13. The lowest BCUT2D eigenvalue weighted by Crippen LogP contribution is -2.41. The summed E-state index contributed by atoms with van der Waals surface area (Å²) in [5.41, 5.74) is 0.915. The third-order valence-corrected chi connectivity index (χ3v) is 1.88. The topological polar surface area (TPSA) is 44.3 Å². The minimum Gasteiger partial charge on any atom is -0.394 e. The van der Waals surface area contributed by atoms with Crippen molar-refractivity contribution in [2.75, 3.05) is 13.6 Å². The van der Waals surface area contributed by atoms with Gasteiger partial charge in [-0.2, -0.15) is 0 Å². The first-order valence-electron chi connectivity index (χ1n) is 5.34. The molecule has 0 radical (unpaired) electrons. The summed E-state index contributed by atoms with van der Waals surface area (Å²) in [4.78, 5) is 0. The molecule has 0 spiro atoms. The molecule has 0 bridgehead atoms. The fraction of sp³-hybridized carbons (Fsp3) is 0.667. The maximum atomic E-state index is 9.91. The van der Waals surface area contributed by atoms with Crippen LogP contribution in [-0.2, 0) is 0 Å². The van der Waals surface area contributed by atoms with Crippen LogP contribution >= 0.6 is 0 Å². The van der Waals surface area contributed by atoms with E-state index < -0.39 is 6.10 Å². The molecule has 0 amide bonds. The SMILES string of the molecule is C/C=C\C(=C/NC)C(O)CNC(C)(C)C. The molecule has 0 aromatic rings. The number of allylic oxidation sites excluding steroid dienone is 1. The lowest BCUT2D eigenvalue weighted by Gasteiger charge is -2.23. The first-order valence-corrected chi connectivity index (χ1v) is 5.34. The Morgan fingerprint density at radius 1 is 1.40 bits per heavy atom. The number of β-amino-alcohol motifs (C(OH)–C–C–N with tert-alkyl or cyclic N) is 1. The first kappa shape index (κ1) is 14.2. The van der Waals surface area contributed by atoms with Crippen molar-refractivity contribution in [3.8, 4) is 0 Å². The Kier molecular flexibility index (Phi) is 6.29. The second kappa shape index (κ2) is 6.64. The van der Waals surface area contributed by atoms with Gasteiger partial charge in [-0.15, -0.1) is 0 Å². The lowest BCUT2D eigenvalue weighted by molar-refractivity contribution is 0.196. The lowest BCUT2D eigenvalue weighted by atomic mass is 10.1. The van der Waals surface area contributed by atoms with Gasteiger partial charge in [0.25, 0.3) is 0 Å². The fourth-order valence-corrected chi connectivity index (χ4v) is 1.14. The van der Waals surface area contributed by atoms with E-state index in [0.717, 1.165) is 5.57 Å². The van der Waals surface area contributed by atoms with Crippen LogP contribution in [0.3, 0.4) is 0 Å². The molecule has 0 saturated heterocycles. The Morgan fingerprint density at radius 2 is 2.00 bits per heavy atom. The molecule has 3 heteroatoms. The number of aliphatic hydroxyl groups is 1. The molecular formula is C12H24N2O. The molecule has 0 aliphatic rings. The Labute approximate surface area is 93.3 Å². The van der Waals surface area contributed by atoms with Crippen LogP contribution in [0.5, 0.6) is 0 Å². The summed E-state index contributed by atoms with van der Waals surface area (Å²) >= 11 is 0. The largest absolute Gasteiger partial charge is 0.394 e. The highest BCUT2D eigenvalue weighted by atomic mass is 16.3. The minimum absolute atomic E-state index is 0.0294. The molecular weight excluding hydrogens is 188 g/mol. The molecule has 1 atom stereocenters. The van der Waals surface area contributed by atoms with Gasteiger partial charge in [0, 0.05) is 25.3 Å². The zero-order valence-corrected chi connectivity index (χ0v) is 10.5. The quantitative estimate of drug-likeness (QED) is 0.604. The van der Waals surface area contributed by atoms with Crippen molar-refractivity contribution in [2.45, 2.75) is 39.3 Å². The van der Waals surface area contributed by atoms with E-state index in [1.807, 2.05) is 32.3 Å². The van der Waals surface area contributed by atoms with Gasteiger partial charge in [-0.25, -0.2) is 0 Å².